The van der Waals surface area contributed by atoms with Gasteiger partial charge in [-0.15, -0.1) is 0 Å². The normalized spacial score (nSPS) is 11.2. The number of rotatable bonds is 7. The maximum absolute atomic E-state index is 12.4. The van der Waals surface area contributed by atoms with Crippen molar-refractivity contribution in [3.05, 3.63) is 58.7 Å². The zero-order chi connectivity index (χ0) is 19.3. The van der Waals surface area contributed by atoms with Crippen molar-refractivity contribution >= 4 is 16.0 Å². The summed E-state index contributed by atoms with van der Waals surface area (Å²) < 4.78 is 37.6. The first-order chi connectivity index (χ1) is 12.3. The predicted octanol–water partition coefficient (Wildman–Crippen LogP) is 2.76. The summed E-state index contributed by atoms with van der Waals surface area (Å²) in [5, 5.41) is 0. The molecule has 0 amide bonds. The molecule has 0 spiro atoms. The zero-order valence-corrected chi connectivity index (χ0v) is 16.1. The lowest BCUT2D eigenvalue weighted by Gasteiger charge is -2.12. The molecule has 0 atom stereocenters. The first-order valence-electron chi connectivity index (χ1n) is 8.14. The number of aryl methyl sites for hydroxylation is 2. The largest absolute Gasteiger partial charge is 0.492 e. The van der Waals surface area contributed by atoms with Gasteiger partial charge < -0.3 is 9.47 Å². The van der Waals surface area contributed by atoms with E-state index in [-0.39, 0.29) is 23.6 Å². The van der Waals surface area contributed by atoms with Crippen LogP contribution in [0.1, 0.15) is 27.0 Å². The van der Waals surface area contributed by atoms with Gasteiger partial charge in [0.25, 0.3) is 0 Å². The summed E-state index contributed by atoms with van der Waals surface area (Å²) in [4.78, 5) is 11.7. The molecule has 0 aromatic heterocycles. The van der Waals surface area contributed by atoms with Crippen molar-refractivity contribution in [3.63, 3.8) is 0 Å². The van der Waals surface area contributed by atoms with E-state index in [2.05, 4.69) is 9.46 Å². The van der Waals surface area contributed by atoms with Crippen molar-refractivity contribution in [2.75, 3.05) is 20.3 Å². The molecule has 0 aliphatic rings. The Balaban J connectivity index is 2.03. The van der Waals surface area contributed by atoms with Crippen LogP contribution in [-0.2, 0) is 14.8 Å². The molecule has 0 unspecified atom stereocenters. The third-order valence-corrected chi connectivity index (χ3v) is 5.59. The summed E-state index contributed by atoms with van der Waals surface area (Å²) >= 11 is 0. The van der Waals surface area contributed by atoms with Crippen molar-refractivity contribution in [2.45, 2.75) is 25.7 Å². The summed E-state index contributed by atoms with van der Waals surface area (Å²) in [7, 11) is -2.50. The minimum absolute atomic E-state index is 0.00948. The number of sulfonamides is 1. The van der Waals surface area contributed by atoms with Gasteiger partial charge in [-0.25, -0.2) is 17.9 Å². The minimum atomic E-state index is -3.75. The fourth-order valence-corrected chi connectivity index (χ4v) is 3.44. The zero-order valence-electron chi connectivity index (χ0n) is 15.3. The average molecular weight is 377 g/mol. The Labute approximate surface area is 154 Å². The van der Waals surface area contributed by atoms with E-state index in [4.69, 9.17) is 4.74 Å². The van der Waals surface area contributed by atoms with Crippen LogP contribution in [0.2, 0.25) is 0 Å². The summed E-state index contributed by atoms with van der Waals surface area (Å²) in [6, 6.07) is 10.1. The third kappa shape index (κ3) is 4.62. The molecule has 0 fully saturated rings. The molecule has 0 heterocycles. The first kappa shape index (κ1) is 19.9. The van der Waals surface area contributed by atoms with Crippen LogP contribution in [0, 0.1) is 20.8 Å². The minimum Gasteiger partial charge on any atom is -0.492 e. The van der Waals surface area contributed by atoms with E-state index < -0.39 is 16.0 Å². The number of benzene rings is 2. The molecule has 1 N–H and O–H groups in total. The van der Waals surface area contributed by atoms with E-state index >= 15 is 0 Å². The molecule has 7 heteroatoms. The standard InChI is InChI=1S/C19H23NO5S/c1-13-6-5-7-18(15(13)3)25-11-10-20-26(22,23)16-9-8-14(2)17(12-16)19(21)24-4/h5-9,12,20H,10-11H2,1-4H3. The number of ether oxygens (including phenoxy) is 2. The second kappa shape index (κ2) is 8.33. The van der Waals surface area contributed by atoms with E-state index in [1.807, 2.05) is 32.0 Å². The van der Waals surface area contributed by atoms with Crippen LogP contribution in [0.3, 0.4) is 0 Å². The quantitative estimate of drug-likeness (QED) is 0.593. The van der Waals surface area contributed by atoms with Gasteiger partial charge in [0.05, 0.1) is 17.6 Å². The maximum Gasteiger partial charge on any atom is 0.338 e. The predicted molar refractivity (Wildman–Crippen MR) is 99.1 cm³/mol. The SMILES string of the molecule is COC(=O)c1cc(S(=O)(=O)NCCOc2cccc(C)c2C)ccc1C. The van der Waals surface area contributed by atoms with Crippen molar-refractivity contribution < 1.29 is 22.7 Å². The van der Waals surface area contributed by atoms with Gasteiger partial charge in [-0.05, 0) is 55.7 Å². The van der Waals surface area contributed by atoms with E-state index in [0.29, 0.717) is 5.56 Å². The van der Waals surface area contributed by atoms with Crippen LogP contribution in [0.4, 0.5) is 0 Å². The van der Waals surface area contributed by atoms with Gasteiger partial charge >= 0.3 is 5.97 Å². The second-order valence-electron chi connectivity index (χ2n) is 5.91. The lowest BCUT2D eigenvalue weighted by molar-refractivity contribution is 0.0599. The summed E-state index contributed by atoms with van der Waals surface area (Å²) in [5.41, 5.74) is 3.01. The molecule has 140 valence electrons. The average Bonchev–Trinajstić information content (AvgIpc) is 2.61. The highest BCUT2D eigenvalue weighted by atomic mass is 32.2. The van der Waals surface area contributed by atoms with Gasteiger partial charge in [-0.2, -0.15) is 0 Å². The molecule has 26 heavy (non-hydrogen) atoms. The lowest BCUT2D eigenvalue weighted by atomic mass is 10.1. The highest BCUT2D eigenvalue weighted by Gasteiger charge is 2.18. The number of nitrogens with one attached hydrogen (secondary N) is 1. The third-order valence-electron chi connectivity index (χ3n) is 4.13. The number of esters is 1. The summed E-state index contributed by atoms with van der Waals surface area (Å²) in [5.74, 6) is 0.158. The van der Waals surface area contributed by atoms with Crippen molar-refractivity contribution in [3.8, 4) is 5.75 Å². The Morgan fingerprint density at radius 2 is 1.81 bits per heavy atom. The molecule has 0 aliphatic heterocycles. The fraction of sp³-hybridized carbons (Fsp3) is 0.316. The molecule has 0 aliphatic carbocycles. The topological polar surface area (TPSA) is 81.7 Å². The molecule has 0 radical (unpaired) electrons. The number of methoxy groups -OCH3 is 1. The number of hydrogen-bond donors (Lipinski definition) is 1. The van der Waals surface area contributed by atoms with E-state index in [1.165, 1.54) is 19.2 Å². The Kier molecular flexibility index (Phi) is 6.39. The molecule has 0 saturated carbocycles. The van der Waals surface area contributed by atoms with Crippen LogP contribution in [-0.4, -0.2) is 34.6 Å². The summed E-state index contributed by atoms with van der Waals surface area (Å²) in [6.45, 7) is 5.96. The van der Waals surface area contributed by atoms with Crippen LogP contribution in [0.5, 0.6) is 5.75 Å². The van der Waals surface area contributed by atoms with Crippen molar-refractivity contribution in [2.24, 2.45) is 0 Å². The van der Waals surface area contributed by atoms with Gasteiger partial charge in [0.2, 0.25) is 10.0 Å². The number of carbonyl (C=O) groups is 1. The van der Waals surface area contributed by atoms with Gasteiger partial charge in [0.1, 0.15) is 12.4 Å². The highest BCUT2D eigenvalue weighted by molar-refractivity contribution is 7.89. The Morgan fingerprint density at radius 1 is 1.08 bits per heavy atom. The van der Waals surface area contributed by atoms with Crippen molar-refractivity contribution in [1.29, 1.82) is 0 Å². The second-order valence-corrected chi connectivity index (χ2v) is 7.68. The molecule has 2 rings (SSSR count). The van der Waals surface area contributed by atoms with E-state index in [0.717, 1.165) is 16.9 Å². The first-order valence-corrected chi connectivity index (χ1v) is 9.62. The van der Waals surface area contributed by atoms with Crippen LogP contribution in [0.15, 0.2) is 41.3 Å². The van der Waals surface area contributed by atoms with Gasteiger partial charge in [0, 0.05) is 6.54 Å². The van der Waals surface area contributed by atoms with Crippen molar-refractivity contribution in [1.82, 2.24) is 4.72 Å². The molecular formula is C19H23NO5S. The van der Waals surface area contributed by atoms with Gasteiger partial charge in [-0.1, -0.05) is 18.2 Å². The van der Waals surface area contributed by atoms with Crippen LogP contribution in [0.25, 0.3) is 0 Å². The Bertz CT molecular complexity index is 906. The van der Waals surface area contributed by atoms with Crippen LogP contribution < -0.4 is 9.46 Å². The Morgan fingerprint density at radius 3 is 2.50 bits per heavy atom. The highest BCUT2D eigenvalue weighted by Crippen LogP contribution is 2.20. The molecule has 2 aromatic carbocycles. The van der Waals surface area contributed by atoms with Gasteiger partial charge in [0.15, 0.2) is 0 Å². The van der Waals surface area contributed by atoms with Gasteiger partial charge in [-0.3, -0.25) is 0 Å². The molecular weight excluding hydrogens is 354 g/mol. The molecule has 6 nitrogen and oxygen atoms in total. The Hall–Kier alpha value is -2.38. The summed E-state index contributed by atoms with van der Waals surface area (Å²) in [6.07, 6.45) is 0. The maximum atomic E-state index is 12.4. The molecule has 2 aromatic rings. The number of carbonyl (C=O) groups excluding carboxylic acids is 1. The van der Waals surface area contributed by atoms with E-state index in [9.17, 15) is 13.2 Å². The van der Waals surface area contributed by atoms with E-state index in [1.54, 1.807) is 13.0 Å². The smallest absolute Gasteiger partial charge is 0.338 e. The lowest BCUT2D eigenvalue weighted by Crippen LogP contribution is -2.28. The molecule has 0 saturated heterocycles. The molecule has 0 bridgehead atoms. The van der Waals surface area contributed by atoms with Crippen LogP contribution >= 0.6 is 0 Å². The monoisotopic (exact) mass is 377 g/mol. The fourth-order valence-electron chi connectivity index (χ4n) is 2.40. The number of hydrogen-bond acceptors (Lipinski definition) is 5.